The average molecular weight is 324 g/mol. The van der Waals surface area contributed by atoms with E-state index in [0.717, 1.165) is 16.7 Å². The summed E-state index contributed by atoms with van der Waals surface area (Å²) < 4.78 is 0. The van der Waals surface area contributed by atoms with E-state index in [1.807, 2.05) is 49.4 Å². The predicted molar refractivity (Wildman–Crippen MR) is 89.9 cm³/mol. The summed E-state index contributed by atoms with van der Waals surface area (Å²) in [6.07, 6.45) is 0.488. The summed E-state index contributed by atoms with van der Waals surface area (Å²) in [6, 6.07) is 16.2. The molecule has 1 unspecified atom stereocenters. The minimum Gasteiger partial charge on any atom is -0.392 e. The van der Waals surface area contributed by atoms with Crippen molar-refractivity contribution in [2.24, 2.45) is 0 Å². The van der Waals surface area contributed by atoms with Crippen molar-refractivity contribution in [3.8, 4) is 0 Å². The second-order valence-electron chi connectivity index (χ2n) is 5.92. The molecule has 5 heteroatoms. The molecule has 3 amide bonds. The number of hydrogen-bond donors (Lipinski definition) is 2. The molecule has 3 rings (SSSR count). The van der Waals surface area contributed by atoms with Crippen LogP contribution in [0, 0.1) is 0 Å². The summed E-state index contributed by atoms with van der Waals surface area (Å²) in [4.78, 5) is 26.7. The maximum Gasteiger partial charge on any atom is 0.325 e. The fourth-order valence-electron chi connectivity index (χ4n) is 3.06. The number of urea groups is 1. The van der Waals surface area contributed by atoms with Crippen LogP contribution in [0.3, 0.4) is 0 Å². The van der Waals surface area contributed by atoms with Gasteiger partial charge in [0.15, 0.2) is 0 Å². The fourth-order valence-corrected chi connectivity index (χ4v) is 3.06. The number of nitrogens with zero attached hydrogens (tertiary/aromatic N) is 1. The molecular weight excluding hydrogens is 304 g/mol. The van der Waals surface area contributed by atoms with Crippen LogP contribution in [0.5, 0.6) is 0 Å². The second-order valence-corrected chi connectivity index (χ2v) is 5.92. The number of hydrogen-bond acceptors (Lipinski definition) is 3. The zero-order valence-electron chi connectivity index (χ0n) is 13.5. The standard InChI is InChI=1S/C19H20N2O3/c1-2-19(16-6-4-3-5-7-16)17(23)21(18(24)20-19)12-14-8-10-15(13-22)11-9-14/h3-11,22H,2,12-13H2,1H3,(H,20,24). The van der Waals surface area contributed by atoms with Crippen LogP contribution in [0.1, 0.15) is 30.0 Å². The molecule has 0 aliphatic carbocycles. The summed E-state index contributed by atoms with van der Waals surface area (Å²) in [7, 11) is 0. The van der Waals surface area contributed by atoms with Gasteiger partial charge in [0.05, 0.1) is 13.2 Å². The monoisotopic (exact) mass is 324 g/mol. The highest BCUT2D eigenvalue weighted by molar-refractivity contribution is 6.07. The number of benzene rings is 2. The van der Waals surface area contributed by atoms with Gasteiger partial charge in [-0.15, -0.1) is 0 Å². The Hall–Kier alpha value is -2.66. The predicted octanol–water partition coefficient (Wildman–Crippen LogP) is 2.54. The van der Waals surface area contributed by atoms with Gasteiger partial charge in [0, 0.05) is 0 Å². The molecule has 1 fully saturated rings. The van der Waals surface area contributed by atoms with E-state index in [1.54, 1.807) is 12.1 Å². The van der Waals surface area contributed by atoms with Gasteiger partial charge in [-0.1, -0.05) is 61.5 Å². The Labute approximate surface area is 140 Å². The highest BCUT2D eigenvalue weighted by atomic mass is 16.3. The van der Waals surface area contributed by atoms with Gasteiger partial charge in [-0.2, -0.15) is 0 Å². The van der Waals surface area contributed by atoms with E-state index in [4.69, 9.17) is 5.11 Å². The molecular formula is C19H20N2O3. The molecule has 0 saturated carbocycles. The summed E-state index contributed by atoms with van der Waals surface area (Å²) in [6.45, 7) is 2.08. The molecule has 0 spiro atoms. The van der Waals surface area contributed by atoms with Crippen molar-refractivity contribution < 1.29 is 14.7 Å². The van der Waals surface area contributed by atoms with E-state index in [0.29, 0.717) is 6.42 Å². The Kier molecular flexibility index (Phi) is 4.36. The van der Waals surface area contributed by atoms with Crippen LogP contribution in [-0.4, -0.2) is 21.9 Å². The Morgan fingerprint density at radius 3 is 2.21 bits per heavy atom. The Bertz CT molecular complexity index is 743. The van der Waals surface area contributed by atoms with E-state index >= 15 is 0 Å². The SMILES string of the molecule is CCC1(c2ccccc2)NC(=O)N(Cc2ccc(CO)cc2)C1=O. The molecule has 1 saturated heterocycles. The van der Waals surface area contributed by atoms with Gasteiger partial charge in [0.2, 0.25) is 0 Å². The highest BCUT2D eigenvalue weighted by Crippen LogP contribution is 2.33. The van der Waals surface area contributed by atoms with E-state index < -0.39 is 5.54 Å². The normalized spacial score (nSPS) is 20.3. The average Bonchev–Trinajstić information content (AvgIpc) is 2.88. The molecule has 2 aromatic rings. The zero-order chi connectivity index (χ0) is 17.2. The molecule has 1 heterocycles. The van der Waals surface area contributed by atoms with Gasteiger partial charge in [-0.05, 0) is 23.1 Å². The number of carbonyl (C=O) groups excluding carboxylic acids is 2. The molecule has 0 radical (unpaired) electrons. The van der Waals surface area contributed by atoms with E-state index in [2.05, 4.69) is 5.32 Å². The van der Waals surface area contributed by atoms with Gasteiger partial charge in [-0.25, -0.2) is 4.79 Å². The third kappa shape index (κ3) is 2.67. The smallest absolute Gasteiger partial charge is 0.325 e. The number of aliphatic hydroxyl groups is 1. The number of nitrogens with one attached hydrogen (secondary N) is 1. The topological polar surface area (TPSA) is 69.6 Å². The first kappa shape index (κ1) is 16.2. The van der Waals surface area contributed by atoms with Crippen molar-refractivity contribution in [1.82, 2.24) is 10.2 Å². The third-order valence-corrected chi connectivity index (χ3v) is 4.52. The van der Waals surface area contributed by atoms with Gasteiger partial charge < -0.3 is 10.4 Å². The molecule has 24 heavy (non-hydrogen) atoms. The third-order valence-electron chi connectivity index (χ3n) is 4.52. The van der Waals surface area contributed by atoms with E-state index in [-0.39, 0.29) is 25.1 Å². The van der Waals surface area contributed by atoms with Crippen molar-refractivity contribution in [1.29, 1.82) is 0 Å². The molecule has 5 nitrogen and oxygen atoms in total. The Morgan fingerprint density at radius 2 is 1.62 bits per heavy atom. The van der Waals surface area contributed by atoms with Gasteiger partial charge in [0.1, 0.15) is 5.54 Å². The van der Waals surface area contributed by atoms with Crippen LogP contribution in [0.4, 0.5) is 4.79 Å². The van der Waals surface area contributed by atoms with Crippen LogP contribution < -0.4 is 5.32 Å². The lowest BCUT2D eigenvalue weighted by atomic mass is 9.87. The molecule has 0 bridgehead atoms. The summed E-state index contributed by atoms with van der Waals surface area (Å²) in [5.41, 5.74) is 1.44. The minimum atomic E-state index is -0.997. The lowest BCUT2D eigenvalue weighted by molar-refractivity contribution is -0.132. The minimum absolute atomic E-state index is 0.0314. The van der Waals surface area contributed by atoms with Crippen LogP contribution >= 0.6 is 0 Å². The molecule has 1 aliphatic heterocycles. The quantitative estimate of drug-likeness (QED) is 0.831. The van der Waals surface area contributed by atoms with Gasteiger partial charge in [-0.3, -0.25) is 9.69 Å². The molecule has 1 atom stereocenters. The van der Waals surface area contributed by atoms with Crippen molar-refractivity contribution in [3.63, 3.8) is 0 Å². The summed E-state index contributed by atoms with van der Waals surface area (Å²) in [5, 5.41) is 12.0. The first-order chi connectivity index (χ1) is 11.6. The first-order valence-electron chi connectivity index (χ1n) is 7.99. The summed E-state index contributed by atoms with van der Waals surface area (Å²) >= 11 is 0. The van der Waals surface area contributed by atoms with Crippen LogP contribution in [0.2, 0.25) is 0 Å². The van der Waals surface area contributed by atoms with Crippen LogP contribution in [0.25, 0.3) is 0 Å². The molecule has 124 valence electrons. The zero-order valence-corrected chi connectivity index (χ0v) is 13.5. The number of amides is 3. The van der Waals surface area contributed by atoms with Crippen LogP contribution in [-0.2, 0) is 23.5 Å². The number of rotatable bonds is 5. The van der Waals surface area contributed by atoms with Crippen LogP contribution in [0.15, 0.2) is 54.6 Å². The second kappa shape index (κ2) is 6.45. The van der Waals surface area contributed by atoms with Crippen molar-refractivity contribution in [2.75, 3.05) is 0 Å². The van der Waals surface area contributed by atoms with Gasteiger partial charge in [0.25, 0.3) is 5.91 Å². The largest absolute Gasteiger partial charge is 0.392 e. The van der Waals surface area contributed by atoms with Crippen molar-refractivity contribution in [2.45, 2.75) is 32.0 Å². The molecule has 1 aliphatic rings. The Balaban J connectivity index is 1.88. The number of imide groups is 1. The van der Waals surface area contributed by atoms with Gasteiger partial charge >= 0.3 is 6.03 Å². The van der Waals surface area contributed by atoms with E-state index in [9.17, 15) is 9.59 Å². The highest BCUT2D eigenvalue weighted by Gasteiger charge is 2.50. The molecule has 0 aromatic heterocycles. The Morgan fingerprint density at radius 1 is 1.00 bits per heavy atom. The number of aliphatic hydroxyl groups excluding tert-OH is 1. The van der Waals surface area contributed by atoms with Crippen molar-refractivity contribution >= 4 is 11.9 Å². The molecule has 2 aromatic carbocycles. The lowest BCUT2D eigenvalue weighted by Gasteiger charge is -2.25. The maximum atomic E-state index is 13.0. The first-order valence-corrected chi connectivity index (χ1v) is 7.99. The van der Waals surface area contributed by atoms with Crippen molar-refractivity contribution in [3.05, 3.63) is 71.3 Å². The fraction of sp³-hybridized carbons (Fsp3) is 0.263. The maximum absolute atomic E-state index is 13.0. The van der Waals surface area contributed by atoms with E-state index in [1.165, 1.54) is 4.90 Å². The lowest BCUT2D eigenvalue weighted by Crippen LogP contribution is -2.43. The number of carbonyl (C=O) groups is 2. The molecule has 2 N–H and O–H groups in total. The summed E-state index contributed by atoms with van der Waals surface area (Å²) in [5.74, 6) is -0.229.